The van der Waals surface area contributed by atoms with E-state index in [0.29, 0.717) is 33.9 Å². The number of rotatable bonds is 9. The first-order valence-corrected chi connectivity index (χ1v) is 11.8. The van der Waals surface area contributed by atoms with Crippen molar-refractivity contribution in [1.29, 1.82) is 0 Å². The first-order chi connectivity index (χ1) is 14.9. The minimum Gasteiger partial charge on any atom is -0.493 e. The summed E-state index contributed by atoms with van der Waals surface area (Å²) in [6.45, 7) is 4.55. The second-order valence-corrected chi connectivity index (χ2v) is 9.41. The molecule has 1 aliphatic rings. The Morgan fingerprint density at radius 2 is 1.94 bits per heavy atom. The molecular weight excluding hydrogens is 545 g/mol. The number of allylic oxidation sites excluding steroid dienone is 1. The van der Waals surface area contributed by atoms with E-state index in [1.807, 2.05) is 48.6 Å². The number of methoxy groups -OCH3 is 1. The molecule has 1 saturated heterocycles. The summed E-state index contributed by atoms with van der Waals surface area (Å²) in [4.78, 5) is 14.3. The number of thioether (sulfide) groups is 1. The zero-order chi connectivity index (χ0) is 22.4. The summed E-state index contributed by atoms with van der Waals surface area (Å²) in [6, 6.07) is 11.7. The molecule has 2 aromatic carbocycles. The van der Waals surface area contributed by atoms with Crippen molar-refractivity contribution in [2.45, 2.75) is 6.42 Å². The molecule has 0 unspecified atom stereocenters. The van der Waals surface area contributed by atoms with Crippen LogP contribution in [0.3, 0.4) is 0 Å². The van der Waals surface area contributed by atoms with Gasteiger partial charge in [0.05, 0.1) is 15.6 Å². The Morgan fingerprint density at radius 1 is 1.19 bits per heavy atom. The van der Waals surface area contributed by atoms with Gasteiger partial charge in [0.1, 0.15) is 23.3 Å². The third-order valence-electron chi connectivity index (χ3n) is 4.46. The fraction of sp³-hybridized carbons (Fsp3) is 0.217. The maximum atomic E-state index is 12.3. The number of carbonyl (C=O) groups excluding carboxylic acids is 1. The van der Waals surface area contributed by atoms with Crippen LogP contribution in [0.4, 0.5) is 0 Å². The lowest BCUT2D eigenvalue weighted by Gasteiger charge is -2.15. The van der Waals surface area contributed by atoms with Crippen molar-refractivity contribution < 1.29 is 19.0 Å². The van der Waals surface area contributed by atoms with Crippen molar-refractivity contribution in [3.63, 3.8) is 0 Å². The molecule has 0 radical (unpaired) electrons. The van der Waals surface area contributed by atoms with Crippen LogP contribution in [0.1, 0.15) is 11.1 Å². The highest BCUT2D eigenvalue weighted by Gasteiger charge is 2.28. The van der Waals surface area contributed by atoms with Crippen LogP contribution in [0.15, 0.2) is 54.0 Å². The number of nitrogens with zero attached hydrogens (tertiary/aromatic N) is 1. The quantitative estimate of drug-likeness (QED) is 0.135. The van der Waals surface area contributed by atoms with Gasteiger partial charge in [0, 0.05) is 7.05 Å². The molecule has 0 aliphatic carbocycles. The Kier molecular flexibility index (Phi) is 8.39. The second kappa shape index (κ2) is 11.0. The molecule has 0 bridgehead atoms. The molecule has 0 spiro atoms. The van der Waals surface area contributed by atoms with E-state index in [-0.39, 0.29) is 5.91 Å². The molecule has 0 saturated carbocycles. The Labute approximate surface area is 205 Å². The van der Waals surface area contributed by atoms with E-state index < -0.39 is 0 Å². The maximum Gasteiger partial charge on any atom is 0.265 e. The van der Waals surface area contributed by atoms with Gasteiger partial charge < -0.3 is 14.2 Å². The molecule has 162 valence electrons. The Morgan fingerprint density at radius 3 is 2.61 bits per heavy atom. The van der Waals surface area contributed by atoms with Crippen LogP contribution in [0.2, 0.25) is 0 Å². The standard InChI is InChI=1S/C23H22INO4S2/c1-4-7-16-8-5-6-9-18(16)28-10-11-29-21-17(24)12-15(13-19(21)27-3)14-20-22(26)25(2)23(30)31-20/h4-6,8-9,12-14H,1,7,10-11H2,2-3H3. The van der Waals surface area contributed by atoms with Crippen LogP contribution in [0.5, 0.6) is 17.2 Å². The fourth-order valence-corrected chi connectivity index (χ4v) is 4.88. The van der Waals surface area contributed by atoms with Gasteiger partial charge in [-0.15, -0.1) is 6.58 Å². The van der Waals surface area contributed by atoms with Crippen molar-refractivity contribution in [2.75, 3.05) is 27.4 Å². The summed E-state index contributed by atoms with van der Waals surface area (Å²) < 4.78 is 18.8. The normalized spacial score (nSPS) is 14.8. The van der Waals surface area contributed by atoms with E-state index in [1.54, 1.807) is 14.2 Å². The molecule has 0 aromatic heterocycles. The average molecular weight is 567 g/mol. The molecule has 0 atom stereocenters. The smallest absolute Gasteiger partial charge is 0.265 e. The summed E-state index contributed by atoms with van der Waals surface area (Å²) in [6.07, 6.45) is 4.42. The molecule has 8 heteroatoms. The molecule has 2 aromatic rings. The number of hydrogen-bond acceptors (Lipinski definition) is 6. The molecule has 1 heterocycles. The predicted octanol–water partition coefficient (Wildman–Crippen LogP) is 5.32. The lowest BCUT2D eigenvalue weighted by molar-refractivity contribution is -0.121. The van der Waals surface area contributed by atoms with E-state index in [1.165, 1.54) is 16.7 Å². The van der Waals surface area contributed by atoms with E-state index in [9.17, 15) is 4.79 Å². The molecule has 31 heavy (non-hydrogen) atoms. The van der Waals surface area contributed by atoms with Crippen molar-refractivity contribution in [3.05, 3.63) is 68.7 Å². The third kappa shape index (κ3) is 5.81. The number of halogens is 1. The van der Waals surface area contributed by atoms with Crippen LogP contribution < -0.4 is 14.2 Å². The van der Waals surface area contributed by atoms with Crippen LogP contribution in [-0.4, -0.2) is 42.5 Å². The van der Waals surface area contributed by atoms with Crippen LogP contribution >= 0.6 is 46.6 Å². The van der Waals surface area contributed by atoms with Crippen molar-refractivity contribution in [2.24, 2.45) is 0 Å². The number of likely N-dealkylation sites (N-methyl/N-ethyl adjacent to an activating group) is 1. The van der Waals surface area contributed by atoms with Crippen molar-refractivity contribution in [3.8, 4) is 17.2 Å². The zero-order valence-electron chi connectivity index (χ0n) is 17.2. The topological polar surface area (TPSA) is 48.0 Å². The van der Waals surface area contributed by atoms with E-state index >= 15 is 0 Å². The fourth-order valence-electron chi connectivity index (χ4n) is 2.92. The summed E-state index contributed by atoms with van der Waals surface area (Å²) in [5, 5.41) is 0. The number of carbonyl (C=O) groups is 1. The summed E-state index contributed by atoms with van der Waals surface area (Å²) in [5.41, 5.74) is 1.93. The highest BCUT2D eigenvalue weighted by molar-refractivity contribution is 14.1. The van der Waals surface area contributed by atoms with Gasteiger partial charge in [0.2, 0.25) is 0 Å². The molecule has 1 fully saturated rings. The lowest BCUT2D eigenvalue weighted by Crippen LogP contribution is -2.22. The zero-order valence-corrected chi connectivity index (χ0v) is 21.0. The first kappa shape index (κ1) is 23.6. The number of thiocarbonyl (C=S) groups is 1. The SMILES string of the molecule is C=CCc1ccccc1OCCOc1c(I)cc(C=C2SC(=S)N(C)C2=O)cc1OC. The minimum atomic E-state index is -0.0989. The Balaban J connectivity index is 1.68. The first-order valence-electron chi connectivity index (χ1n) is 9.48. The summed E-state index contributed by atoms with van der Waals surface area (Å²) >= 11 is 8.68. The third-order valence-corrected chi connectivity index (χ3v) is 6.75. The minimum absolute atomic E-state index is 0.0989. The maximum absolute atomic E-state index is 12.3. The van der Waals surface area contributed by atoms with Crippen molar-refractivity contribution in [1.82, 2.24) is 4.90 Å². The van der Waals surface area contributed by atoms with Gasteiger partial charge in [-0.2, -0.15) is 0 Å². The highest BCUT2D eigenvalue weighted by Crippen LogP contribution is 2.37. The predicted molar refractivity (Wildman–Crippen MR) is 138 cm³/mol. The molecule has 0 N–H and O–H groups in total. The van der Waals surface area contributed by atoms with Gasteiger partial charge in [-0.3, -0.25) is 9.69 Å². The van der Waals surface area contributed by atoms with Gasteiger partial charge in [-0.05, 0) is 64.4 Å². The largest absolute Gasteiger partial charge is 0.493 e. The highest BCUT2D eigenvalue weighted by atomic mass is 127. The number of benzene rings is 2. The van der Waals surface area contributed by atoms with Crippen LogP contribution in [-0.2, 0) is 11.2 Å². The number of ether oxygens (including phenoxy) is 3. The second-order valence-electron chi connectivity index (χ2n) is 6.57. The monoisotopic (exact) mass is 567 g/mol. The van der Waals surface area contributed by atoms with E-state index in [2.05, 4.69) is 29.2 Å². The number of para-hydroxylation sites is 1. The van der Waals surface area contributed by atoms with Gasteiger partial charge >= 0.3 is 0 Å². The van der Waals surface area contributed by atoms with Gasteiger partial charge in [0.15, 0.2) is 11.5 Å². The van der Waals surface area contributed by atoms with Gasteiger partial charge in [-0.1, -0.05) is 48.3 Å². The number of amides is 1. The molecule has 1 amide bonds. The Hall–Kier alpha value is -2.04. The average Bonchev–Trinajstić information content (AvgIpc) is 2.99. The van der Waals surface area contributed by atoms with Crippen LogP contribution in [0, 0.1) is 3.57 Å². The number of hydrogen-bond donors (Lipinski definition) is 0. The summed E-state index contributed by atoms with van der Waals surface area (Å²) in [5.74, 6) is 1.97. The summed E-state index contributed by atoms with van der Waals surface area (Å²) in [7, 11) is 3.27. The van der Waals surface area contributed by atoms with Gasteiger partial charge in [-0.25, -0.2) is 0 Å². The van der Waals surface area contributed by atoms with E-state index in [4.69, 9.17) is 26.4 Å². The molecule has 3 rings (SSSR count). The lowest BCUT2D eigenvalue weighted by atomic mass is 10.1. The van der Waals surface area contributed by atoms with E-state index in [0.717, 1.165) is 26.9 Å². The van der Waals surface area contributed by atoms with Gasteiger partial charge in [0.25, 0.3) is 5.91 Å². The van der Waals surface area contributed by atoms with Crippen molar-refractivity contribution >= 4 is 62.9 Å². The molecular formula is C23H22INO4S2. The molecule has 1 aliphatic heterocycles. The Bertz CT molecular complexity index is 1040. The molecule has 5 nitrogen and oxygen atoms in total. The van der Waals surface area contributed by atoms with Crippen LogP contribution in [0.25, 0.3) is 6.08 Å².